The molecule has 0 atom stereocenters. The minimum Gasteiger partial charge on any atom is -0.457 e. The highest BCUT2D eigenvalue weighted by Crippen LogP contribution is 2.16. The Morgan fingerprint density at radius 2 is 1.63 bits per heavy atom. The van der Waals surface area contributed by atoms with Gasteiger partial charge in [-0.25, -0.2) is 0 Å². The summed E-state index contributed by atoms with van der Waals surface area (Å²) >= 11 is 0. The second kappa shape index (κ2) is 9.31. The van der Waals surface area contributed by atoms with Crippen LogP contribution < -0.4 is 0 Å². The summed E-state index contributed by atoms with van der Waals surface area (Å²) in [5.41, 5.74) is 4.15. The van der Waals surface area contributed by atoms with Crippen LogP contribution in [-0.2, 0) is 16.1 Å². The van der Waals surface area contributed by atoms with Crippen LogP contribution in [-0.4, -0.2) is 28.7 Å². The predicted octanol–water partition coefficient (Wildman–Crippen LogP) is 4.21. The molecule has 0 saturated carbocycles. The van der Waals surface area contributed by atoms with Gasteiger partial charge in [0.1, 0.15) is 0 Å². The molecule has 0 spiro atoms. The van der Waals surface area contributed by atoms with E-state index in [0.717, 1.165) is 29.9 Å². The van der Waals surface area contributed by atoms with E-state index in [9.17, 15) is 14.4 Å². The zero-order chi connectivity index (χ0) is 20.0. The smallest absolute Gasteiger partial charge is 0.306 e. The number of rotatable bonds is 9. The van der Waals surface area contributed by atoms with Gasteiger partial charge in [0, 0.05) is 35.5 Å². The number of aromatic nitrogens is 1. The van der Waals surface area contributed by atoms with Crippen LogP contribution in [0.4, 0.5) is 0 Å². The number of benzene rings is 1. The van der Waals surface area contributed by atoms with Crippen LogP contribution in [0.1, 0.15) is 63.9 Å². The van der Waals surface area contributed by atoms with Crippen LogP contribution in [0, 0.1) is 20.8 Å². The number of carbonyl (C=O) groups is 3. The minimum atomic E-state index is -0.536. The number of hydrogen-bond acceptors (Lipinski definition) is 4. The lowest BCUT2D eigenvalue weighted by atomic mass is 10.1. The molecule has 2 rings (SSSR count). The van der Waals surface area contributed by atoms with E-state index in [4.69, 9.17) is 4.74 Å². The van der Waals surface area contributed by atoms with Crippen molar-refractivity contribution in [2.75, 3.05) is 6.61 Å². The molecule has 1 heterocycles. The molecular formula is C22H27NO4. The molecule has 0 aliphatic heterocycles. The highest BCUT2D eigenvalue weighted by Gasteiger charge is 2.17. The first-order chi connectivity index (χ1) is 12.8. The quantitative estimate of drug-likeness (QED) is 0.490. The van der Waals surface area contributed by atoms with E-state index < -0.39 is 5.97 Å². The van der Waals surface area contributed by atoms with Crippen molar-refractivity contribution in [3.05, 3.63) is 58.4 Å². The van der Waals surface area contributed by atoms with E-state index >= 15 is 0 Å². The van der Waals surface area contributed by atoms with Crippen molar-refractivity contribution in [1.29, 1.82) is 0 Å². The SMILES string of the molecule is CCCn1c(C)cc(C(=O)COC(=O)CCC(=O)c2ccc(C)cc2)c1C. The normalized spacial score (nSPS) is 10.7. The van der Waals surface area contributed by atoms with Crippen molar-refractivity contribution in [1.82, 2.24) is 4.57 Å². The van der Waals surface area contributed by atoms with Crippen molar-refractivity contribution in [2.45, 2.75) is 53.5 Å². The van der Waals surface area contributed by atoms with Gasteiger partial charge in [0.05, 0.1) is 6.42 Å². The van der Waals surface area contributed by atoms with Crippen molar-refractivity contribution in [2.24, 2.45) is 0 Å². The average Bonchev–Trinajstić information content (AvgIpc) is 2.93. The number of nitrogens with zero attached hydrogens (tertiary/aromatic N) is 1. The predicted molar refractivity (Wildman–Crippen MR) is 104 cm³/mol. The van der Waals surface area contributed by atoms with Gasteiger partial charge in [-0.15, -0.1) is 0 Å². The van der Waals surface area contributed by atoms with E-state index in [1.807, 2.05) is 39.0 Å². The van der Waals surface area contributed by atoms with Gasteiger partial charge in [-0.2, -0.15) is 0 Å². The number of hydrogen-bond donors (Lipinski definition) is 0. The number of ether oxygens (including phenoxy) is 1. The molecule has 0 radical (unpaired) electrons. The average molecular weight is 369 g/mol. The molecule has 0 saturated heterocycles. The summed E-state index contributed by atoms with van der Waals surface area (Å²) in [6.07, 6.45) is 1.02. The lowest BCUT2D eigenvalue weighted by Crippen LogP contribution is -2.16. The van der Waals surface area contributed by atoms with E-state index in [2.05, 4.69) is 11.5 Å². The van der Waals surface area contributed by atoms with E-state index in [1.54, 1.807) is 12.1 Å². The van der Waals surface area contributed by atoms with Gasteiger partial charge in [0.25, 0.3) is 0 Å². The first-order valence-corrected chi connectivity index (χ1v) is 9.29. The molecule has 0 aliphatic rings. The van der Waals surface area contributed by atoms with Gasteiger partial charge in [-0.1, -0.05) is 36.8 Å². The minimum absolute atomic E-state index is 0.0329. The Morgan fingerprint density at radius 3 is 2.26 bits per heavy atom. The maximum absolute atomic E-state index is 12.4. The highest BCUT2D eigenvalue weighted by molar-refractivity contribution is 6.00. The molecular weight excluding hydrogens is 342 g/mol. The Bertz CT molecular complexity index is 831. The molecule has 2 aromatic rings. The van der Waals surface area contributed by atoms with Crippen molar-refractivity contribution in [3.8, 4) is 0 Å². The van der Waals surface area contributed by atoms with Crippen LogP contribution in [0.3, 0.4) is 0 Å². The summed E-state index contributed by atoms with van der Waals surface area (Å²) in [5.74, 6) is -0.865. The van der Waals surface area contributed by atoms with Gasteiger partial charge in [0.15, 0.2) is 12.4 Å². The summed E-state index contributed by atoms with van der Waals surface area (Å²) in [7, 11) is 0. The lowest BCUT2D eigenvalue weighted by Gasteiger charge is -2.08. The Kier molecular flexibility index (Phi) is 7.11. The molecule has 0 bridgehead atoms. The number of Topliss-reactive ketones (excluding diaryl/α,β-unsaturated/α-hetero) is 2. The molecule has 0 amide bonds. The number of esters is 1. The van der Waals surface area contributed by atoms with Crippen LogP contribution in [0.25, 0.3) is 0 Å². The topological polar surface area (TPSA) is 65.4 Å². The van der Waals surface area contributed by atoms with Crippen molar-refractivity contribution >= 4 is 17.5 Å². The number of aryl methyl sites for hydroxylation is 2. The molecule has 1 aromatic carbocycles. The molecule has 144 valence electrons. The molecule has 0 aliphatic carbocycles. The molecule has 0 unspecified atom stereocenters. The first kappa shape index (κ1) is 20.6. The Hall–Kier alpha value is -2.69. The third kappa shape index (κ3) is 5.39. The number of ketones is 2. The Morgan fingerprint density at radius 1 is 0.963 bits per heavy atom. The van der Waals surface area contributed by atoms with Gasteiger partial charge in [-0.3, -0.25) is 14.4 Å². The van der Waals surface area contributed by atoms with Crippen LogP contribution in [0.2, 0.25) is 0 Å². The summed E-state index contributed by atoms with van der Waals surface area (Å²) in [6.45, 7) is 8.45. The van der Waals surface area contributed by atoms with Crippen LogP contribution in [0.5, 0.6) is 0 Å². The third-order valence-corrected chi connectivity index (χ3v) is 4.62. The molecule has 0 N–H and O–H groups in total. The van der Waals surface area contributed by atoms with E-state index in [1.165, 1.54) is 0 Å². The maximum Gasteiger partial charge on any atom is 0.306 e. The molecule has 5 heteroatoms. The highest BCUT2D eigenvalue weighted by atomic mass is 16.5. The van der Waals surface area contributed by atoms with Crippen LogP contribution >= 0.6 is 0 Å². The van der Waals surface area contributed by atoms with Crippen molar-refractivity contribution < 1.29 is 19.1 Å². The Balaban J connectivity index is 1.85. The molecule has 1 aromatic heterocycles. The molecule has 5 nitrogen and oxygen atoms in total. The summed E-state index contributed by atoms with van der Waals surface area (Å²) in [6, 6.07) is 9.05. The van der Waals surface area contributed by atoms with Gasteiger partial charge in [0.2, 0.25) is 5.78 Å². The summed E-state index contributed by atoms with van der Waals surface area (Å²) < 4.78 is 7.17. The lowest BCUT2D eigenvalue weighted by molar-refractivity contribution is -0.142. The molecule has 27 heavy (non-hydrogen) atoms. The summed E-state index contributed by atoms with van der Waals surface area (Å²) in [5, 5.41) is 0. The fourth-order valence-corrected chi connectivity index (χ4v) is 3.05. The van der Waals surface area contributed by atoms with Gasteiger partial charge in [-0.05, 0) is 33.3 Å². The fraction of sp³-hybridized carbons (Fsp3) is 0.409. The second-order valence-electron chi connectivity index (χ2n) is 6.81. The van der Waals surface area contributed by atoms with E-state index in [0.29, 0.717) is 11.1 Å². The van der Waals surface area contributed by atoms with Crippen molar-refractivity contribution in [3.63, 3.8) is 0 Å². The zero-order valence-corrected chi connectivity index (χ0v) is 16.5. The summed E-state index contributed by atoms with van der Waals surface area (Å²) in [4.78, 5) is 36.4. The number of carbonyl (C=O) groups excluding carboxylic acids is 3. The van der Waals surface area contributed by atoms with Crippen LogP contribution in [0.15, 0.2) is 30.3 Å². The zero-order valence-electron chi connectivity index (χ0n) is 16.5. The van der Waals surface area contributed by atoms with E-state index in [-0.39, 0.29) is 31.0 Å². The van der Waals surface area contributed by atoms with Gasteiger partial charge < -0.3 is 9.30 Å². The second-order valence-corrected chi connectivity index (χ2v) is 6.81. The standard InChI is InChI=1S/C22H27NO4/c1-5-12-23-16(3)13-19(17(23)4)21(25)14-27-22(26)11-10-20(24)18-8-6-15(2)7-9-18/h6-9,13H,5,10-12,14H2,1-4H3. The monoisotopic (exact) mass is 369 g/mol. The third-order valence-electron chi connectivity index (χ3n) is 4.62. The van der Waals surface area contributed by atoms with Gasteiger partial charge >= 0.3 is 5.97 Å². The Labute approximate surface area is 160 Å². The largest absolute Gasteiger partial charge is 0.457 e. The maximum atomic E-state index is 12.4. The fourth-order valence-electron chi connectivity index (χ4n) is 3.05. The molecule has 0 fully saturated rings. The first-order valence-electron chi connectivity index (χ1n) is 9.29.